The minimum atomic E-state index is -0.511. The lowest BCUT2D eigenvalue weighted by Crippen LogP contribution is -2.09. The highest BCUT2D eigenvalue weighted by Crippen LogP contribution is 2.20. The molecule has 0 aliphatic carbocycles. The van der Waals surface area contributed by atoms with E-state index < -0.39 is 5.82 Å². The monoisotopic (exact) mass is 305 g/mol. The van der Waals surface area contributed by atoms with Gasteiger partial charge >= 0.3 is 0 Å². The molecule has 3 nitrogen and oxygen atoms in total. The van der Waals surface area contributed by atoms with Gasteiger partial charge in [0.2, 0.25) is 0 Å². The van der Waals surface area contributed by atoms with Crippen LogP contribution in [0.5, 0.6) is 11.5 Å². The standard InChI is InChI=1S/C16H13ClFNO2/c17-15-6-5-14(11-16(15)18)21-10-9-20-13-3-1-12(2-4-13)7-8-19/h1-6,11H,7,9-10H2. The molecule has 0 N–H and O–H groups in total. The molecule has 0 radical (unpaired) electrons. The van der Waals surface area contributed by atoms with Crippen molar-refractivity contribution in [2.24, 2.45) is 0 Å². The van der Waals surface area contributed by atoms with Crippen molar-refractivity contribution in [2.45, 2.75) is 6.42 Å². The van der Waals surface area contributed by atoms with E-state index in [0.29, 0.717) is 31.1 Å². The zero-order chi connectivity index (χ0) is 15.1. The van der Waals surface area contributed by atoms with Crippen LogP contribution in [-0.2, 0) is 6.42 Å². The van der Waals surface area contributed by atoms with Crippen LogP contribution in [0.1, 0.15) is 5.56 Å². The average molecular weight is 306 g/mol. The van der Waals surface area contributed by atoms with Crippen LogP contribution in [0.2, 0.25) is 5.02 Å². The highest BCUT2D eigenvalue weighted by molar-refractivity contribution is 6.30. The fraction of sp³-hybridized carbons (Fsp3) is 0.188. The van der Waals surface area contributed by atoms with E-state index in [0.717, 1.165) is 5.56 Å². The Morgan fingerprint density at radius 3 is 2.24 bits per heavy atom. The molecule has 0 atom stereocenters. The molecule has 0 heterocycles. The number of rotatable bonds is 6. The summed E-state index contributed by atoms with van der Waals surface area (Å²) in [6.45, 7) is 0.628. The summed E-state index contributed by atoms with van der Waals surface area (Å²) < 4.78 is 24.0. The Morgan fingerprint density at radius 1 is 1.00 bits per heavy atom. The van der Waals surface area contributed by atoms with E-state index in [1.807, 2.05) is 12.1 Å². The van der Waals surface area contributed by atoms with Gasteiger partial charge in [0.25, 0.3) is 0 Å². The highest BCUT2D eigenvalue weighted by Gasteiger charge is 2.02. The first-order valence-electron chi connectivity index (χ1n) is 6.35. The van der Waals surface area contributed by atoms with Crippen LogP contribution in [0.15, 0.2) is 42.5 Å². The van der Waals surface area contributed by atoms with E-state index in [1.165, 1.54) is 12.1 Å². The Hall–Kier alpha value is -2.25. The molecular formula is C16H13ClFNO2. The summed E-state index contributed by atoms with van der Waals surface area (Å²) in [6, 6.07) is 13.6. The summed E-state index contributed by atoms with van der Waals surface area (Å²) in [5, 5.41) is 8.64. The van der Waals surface area contributed by atoms with Gasteiger partial charge in [0, 0.05) is 6.07 Å². The summed E-state index contributed by atoms with van der Waals surface area (Å²) in [5.74, 6) is 0.593. The zero-order valence-electron chi connectivity index (χ0n) is 11.2. The largest absolute Gasteiger partial charge is 0.490 e. The van der Waals surface area contributed by atoms with Crippen LogP contribution < -0.4 is 9.47 Å². The predicted octanol–water partition coefficient (Wildman–Crippen LogP) is 4.00. The first-order valence-corrected chi connectivity index (χ1v) is 6.73. The van der Waals surface area contributed by atoms with Gasteiger partial charge in [-0.2, -0.15) is 5.26 Å². The minimum Gasteiger partial charge on any atom is -0.490 e. The van der Waals surface area contributed by atoms with Crippen molar-refractivity contribution in [1.82, 2.24) is 0 Å². The molecule has 0 aliphatic rings. The molecule has 0 unspecified atom stereocenters. The molecule has 0 amide bonds. The maximum Gasteiger partial charge on any atom is 0.145 e. The van der Waals surface area contributed by atoms with Crippen LogP contribution in [0.25, 0.3) is 0 Å². The van der Waals surface area contributed by atoms with Gasteiger partial charge in [-0.15, -0.1) is 0 Å². The highest BCUT2D eigenvalue weighted by atomic mass is 35.5. The molecule has 0 spiro atoms. The Morgan fingerprint density at radius 2 is 1.62 bits per heavy atom. The zero-order valence-corrected chi connectivity index (χ0v) is 11.9. The van der Waals surface area contributed by atoms with Crippen molar-refractivity contribution in [3.05, 3.63) is 58.9 Å². The van der Waals surface area contributed by atoms with Crippen molar-refractivity contribution >= 4 is 11.6 Å². The van der Waals surface area contributed by atoms with Crippen LogP contribution in [0.3, 0.4) is 0 Å². The van der Waals surface area contributed by atoms with E-state index in [9.17, 15) is 4.39 Å². The number of nitriles is 1. The van der Waals surface area contributed by atoms with Crippen molar-refractivity contribution in [3.63, 3.8) is 0 Å². The second kappa shape index (κ2) is 7.51. The van der Waals surface area contributed by atoms with E-state index in [4.69, 9.17) is 26.3 Å². The Bertz CT molecular complexity index is 638. The van der Waals surface area contributed by atoms with Crippen LogP contribution in [-0.4, -0.2) is 13.2 Å². The molecule has 0 bridgehead atoms. The third kappa shape index (κ3) is 4.66. The molecule has 0 aromatic heterocycles. The van der Waals surface area contributed by atoms with Crippen LogP contribution >= 0.6 is 11.6 Å². The first kappa shape index (κ1) is 15.1. The number of hydrogen-bond acceptors (Lipinski definition) is 3. The molecule has 0 saturated heterocycles. The van der Waals surface area contributed by atoms with Crippen molar-refractivity contribution < 1.29 is 13.9 Å². The number of hydrogen-bond donors (Lipinski definition) is 0. The van der Waals surface area contributed by atoms with Gasteiger partial charge in [-0.1, -0.05) is 23.7 Å². The van der Waals surface area contributed by atoms with Crippen LogP contribution in [0, 0.1) is 17.1 Å². The topological polar surface area (TPSA) is 42.2 Å². The summed E-state index contributed by atoms with van der Waals surface area (Å²) in [5.41, 5.74) is 0.942. The van der Waals surface area contributed by atoms with Gasteiger partial charge in [-0.25, -0.2) is 4.39 Å². The van der Waals surface area contributed by atoms with Crippen LogP contribution in [0.4, 0.5) is 4.39 Å². The number of nitrogens with zero attached hydrogens (tertiary/aromatic N) is 1. The number of ether oxygens (including phenoxy) is 2. The maximum absolute atomic E-state index is 13.2. The van der Waals surface area contributed by atoms with Gasteiger partial charge in [-0.3, -0.25) is 0 Å². The van der Waals surface area contributed by atoms with Gasteiger partial charge in [0.15, 0.2) is 0 Å². The van der Waals surface area contributed by atoms with Crippen molar-refractivity contribution in [3.8, 4) is 17.6 Å². The summed E-state index contributed by atoms with van der Waals surface area (Å²) in [4.78, 5) is 0. The molecule has 0 aliphatic heterocycles. The molecule has 5 heteroatoms. The van der Waals surface area contributed by atoms with E-state index in [1.54, 1.807) is 18.2 Å². The smallest absolute Gasteiger partial charge is 0.145 e. The molecule has 0 saturated carbocycles. The molecule has 2 aromatic carbocycles. The third-order valence-electron chi connectivity index (χ3n) is 2.72. The Kier molecular flexibility index (Phi) is 5.42. The summed E-state index contributed by atoms with van der Waals surface area (Å²) >= 11 is 5.58. The Labute approximate surface area is 127 Å². The van der Waals surface area contributed by atoms with E-state index in [-0.39, 0.29) is 5.02 Å². The number of halogens is 2. The van der Waals surface area contributed by atoms with Gasteiger partial charge < -0.3 is 9.47 Å². The van der Waals surface area contributed by atoms with E-state index in [2.05, 4.69) is 6.07 Å². The summed E-state index contributed by atoms with van der Waals surface area (Å²) in [6.07, 6.45) is 0.380. The maximum atomic E-state index is 13.2. The minimum absolute atomic E-state index is 0.0658. The fourth-order valence-electron chi connectivity index (χ4n) is 1.68. The molecule has 0 fully saturated rings. The van der Waals surface area contributed by atoms with Crippen molar-refractivity contribution in [2.75, 3.05) is 13.2 Å². The lowest BCUT2D eigenvalue weighted by molar-refractivity contribution is 0.216. The normalized spacial score (nSPS) is 9.95. The fourth-order valence-corrected chi connectivity index (χ4v) is 1.80. The lowest BCUT2D eigenvalue weighted by Gasteiger charge is -2.09. The van der Waals surface area contributed by atoms with Crippen molar-refractivity contribution in [1.29, 1.82) is 5.26 Å². The second-order valence-electron chi connectivity index (χ2n) is 4.25. The van der Waals surface area contributed by atoms with Gasteiger partial charge in [-0.05, 0) is 29.8 Å². The molecule has 2 rings (SSSR count). The second-order valence-corrected chi connectivity index (χ2v) is 4.66. The quantitative estimate of drug-likeness (QED) is 0.757. The first-order chi connectivity index (χ1) is 10.2. The SMILES string of the molecule is N#CCc1ccc(OCCOc2ccc(Cl)c(F)c2)cc1. The lowest BCUT2D eigenvalue weighted by atomic mass is 10.2. The molecule has 108 valence electrons. The predicted molar refractivity (Wildman–Crippen MR) is 78.2 cm³/mol. The third-order valence-corrected chi connectivity index (χ3v) is 3.02. The van der Waals surface area contributed by atoms with Gasteiger partial charge in [0.1, 0.15) is 30.5 Å². The van der Waals surface area contributed by atoms with Gasteiger partial charge in [0.05, 0.1) is 17.5 Å². The number of benzene rings is 2. The summed E-state index contributed by atoms with van der Waals surface area (Å²) in [7, 11) is 0. The van der Waals surface area contributed by atoms with E-state index >= 15 is 0 Å². The Balaban J connectivity index is 1.76. The molecule has 2 aromatic rings. The molecule has 21 heavy (non-hydrogen) atoms. The average Bonchev–Trinajstić information content (AvgIpc) is 2.49. The molecular weight excluding hydrogens is 293 g/mol.